The molecule has 0 aliphatic heterocycles. The first-order valence-electron chi connectivity index (χ1n) is 4.47. The van der Waals surface area contributed by atoms with Crippen LogP contribution in [0.3, 0.4) is 0 Å². The Morgan fingerprint density at radius 3 is 2.46 bits per heavy atom. The lowest BCUT2D eigenvalue weighted by molar-refractivity contribution is -0.129. The predicted molar refractivity (Wildman–Crippen MR) is 54.3 cm³/mol. The van der Waals surface area contributed by atoms with Crippen LogP contribution >= 0.6 is 0 Å². The van der Waals surface area contributed by atoms with E-state index in [0.29, 0.717) is 13.0 Å². The van der Waals surface area contributed by atoms with Gasteiger partial charge in [-0.25, -0.2) is 0 Å². The Balaban J connectivity index is 3.84. The van der Waals surface area contributed by atoms with Gasteiger partial charge in [-0.05, 0) is 6.54 Å². The molecule has 0 aromatic carbocycles. The van der Waals surface area contributed by atoms with Crippen LogP contribution in [0.1, 0.15) is 13.3 Å². The van der Waals surface area contributed by atoms with Crippen LogP contribution in [0.4, 0.5) is 0 Å². The second kappa shape index (κ2) is 6.50. The molecule has 0 aromatic heterocycles. The first-order valence-corrected chi connectivity index (χ1v) is 4.47. The standard InChI is InChI=1S/C10H18N2O/c1-5-7-8-12(6-2)9-10(13)11(3)4/h1H,6-9H2,2-4H3. The van der Waals surface area contributed by atoms with Crippen molar-refractivity contribution in [3.05, 3.63) is 0 Å². The zero-order valence-corrected chi connectivity index (χ0v) is 8.71. The van der Waals surface area contributed by atoms with Crippen molar-refractivity contribution in [2.24, 2.45) is 0 Å². The zero-order chi connectivity index (χ0) is 10.3. The molecule has 13 heavy (non-hydrogen) atoms. The number of hydrogen-bond acceptors (Lipinski definition) is 2. The molecular formula is C10H18N2O. The average Bonchev–Trinajstić information content (AvgIpc) is 2.11. The van der Waals surface area contributed by atoms with E-state index >= 15 is 0 Å². The van der Waals surface area contributed by atoms with E-state index in [2.05, 4.69) is 5.92 Å². The lowest BCUT2D eigenvalue weighted by Crippen LogP contribution is -2.36. The predicted octanol–water partition coefficient (Wildman–Crippen LogP) is 0.420. The van der Waals surface area contributed by atoms with E-state index in [9.17, 15) is 4.79 Å². The van der Waals surface area contributed by atoms with Gasteiger partial charge in [0.25, 0.3) is 0 Å². The molecule has 0 heterocycles. The lowest BCUT2D eigenvalue weighted by Gasteiger charge is -2.20. The third-order valence-corrected chi connectivity index (χ3v) is 1.88. The molecule has 0 atom stereocenters. The van der Waals surface area contributed by atoms with E-state index in [0.717, 1.165) is 13.1 Å². The normalized spacial score (nSPS) is 9.77. The minimum atomic E-state index is 0.124. The summed E-state index contributed by atoms with van der Waals surface area (Å²) in [4.78, 5) is 14.9. The first-order chi connectivity index (χ1) is 6.11. The largest absolute Gasteiger partial charge is 0.348 e. The molecule has 0 spiro atoms. The number of hydrogen-bond donors (Lipinski definition) is 0. The molecule has 0 rings (SSSR count). The van der Waals surface area contributed by atoms with E-state index in [1.165, 1.54) is 0 Å². The quantitative estimate of drug-likeness (QED) is 0.575. The second-order valence-electron chi connectivity index (χ2n) is 3.11. The first kappa shape index (κ1) is 12.0. The van der Waals surface area contributed by atoms with E-state index in [-0.39, 0.29) is 5.91 Å². The molecular weight excluding hydrogens is 164 g/mol. The van der Waals surface area contributed by atoms with E-state index in [4.69, 9.17) is 6.42 Å². The topological polar surface area (TPSA) is 23.6 Å². The SMILES string of the molecule is C#CCCN(CC)CC(=O)N(C)C. The van der Waals surface area contributed by atoms with Gasteiger partial charge in [-0.2, -0.15) is 0 Å². The Morgan fingerprint density at radius 1 is 1.46 bits per heavy atom. The number of terminal acetylenes is 1. The molecule has 0 N–H and O–H groups in total. The van der Waals surface area contributed by atoms with Gasteiger partial charge in [0.05, 0.1) is 6.54 Å². The fourth-order valence-electron chi connectivity index (χ4n) is 0.904. The number of rotatable bonds is 5. The number of carbonyl (C=O) groups is 1. The van der Waals surface area contributed by atoms with Crippen LogP contribution < -0.4 is 0 Å². The van der Waals surface area contributed by atoms with Gasteiger partial charge >= 0.3 is 0 Å². The minimum absolute atomic E-state index is 0.124. The molecule has 0 saturated heterocycles. The molecule has 0 saturated carbocycles. The maximum Gasteiger partial charge on any atom is 0.236 e. The van der Waals surface area contributed by atoms with Crippen molar-refractivity contribution in [3.8, 4) is 12.3 Å². The summed E-state index contributed by atoms with van der Waals surface area (Å²) >= 11 is 0. The Kier molecular flexibility index (Phi) is 5.99. The van der Waals surface area contributed by atoms with Crippen molar-refractivity contribution in [1.82, 2.24) is 9.80 Å². The molecule has 0 aliphatic carbocycles. The van der Waals surface area contributed by atoms with Crippen LogP contribution in [0.25, 0.3) is 0 Å². The van der Waals surface area contributed by atoms with Gasteiger partial charge < -0.3 is 4.90 Å². The molecule has 3 nitrogen and oxygen atoms in total. The van der Waals surface area contributed by atoms with Gasteiger partial charge in [0, 0.05) is 27.1 Å². The van der Waals surface area contributed by atoms with Crippen LogP contribution in [-0.4, -0.2) is 49.4 Å². The Hall–Kier alpha value is -1.01. The lowest BCUT2D eigenvalue weighted by atomic mass is 10.3. The molecule has 0 radical (unpaired) electrons. The molecule has 0 aliphatic rings. The third kappa shape index (κ3) is 5.26. The van der Waals surface area contributed by atoms with Gasteiger partial charge in [-0.3, -0.25) is 9.69 Å². The number of likely N-dealkylation sites (N-methyl/N-ethyl adjacent to an activating group) is 2. The maximum absolute atomic E-state index is 11.3. The van der Waals surface area contributed by atoms with Crippen LogP contribution in [0.5, 0.6) is 0 Å². The summed E-state index contributed by atoms with van der Waals surface area (Å²) < 4.78 is 0. The maximum atomic E-state index is 11.3. The van der Waals surface area contributed by atoms with Gasteiger partial charge in [-0.1, -0.05) is 6.92 Å². The van der Waals surface area contributed by atoms with Crippen LogP contribution in [0.15, 0.2) is 0 Å². The number of amides is 1. The van der Waals surface area contributed by atoms with Crippen molar-refractivity contribution < 1.29 is 4.79 Å². The highest BCUT2D eigenvalue weighted by Crippen LogP contribution is 1.92. The Morgan fingerprint density at radius 2 is 2.08 bits per heavy atom. The Bertz CT molecular complexity index is 194. The van der Waals surface area contributed by atoms with Crippen LogP contribution in [0, 0.1) is 12.3 Å². The highest BCUT2D eigenvalue weighted by Gasteiger charge is 2.09. The molecule has 1 amide bonds. The fourth-order valence-corrected chi connectivity index (χ4v) is 0.904. The van der Waals surface area contributed by atoms with Crippen molar-refractivity contribution in [2.45, 2.75) is 13.3 Å². The zero-order valence-electron chi connectivity index (χ0n) is 8.71. The fraction of sp³-hybridized carbons (Fsp3) is 0.700. The summed E-state index contributed by atoms with van der Waals surface area (Å²) in [5.74, 6) is 2.69. The van der Waals surface area contributed by atoms with Crippen molar-refractivity contribution in [2.75, 3.05) is 33.7 Å². The highest BCUT2D eigenvalue weighted by atomic mass is 16.2. The summed E-state index contributed by atoms with van der Waals surface area (Å²) in [5.41, 5.74) is 0. The molecule has 0 aromatic rings. The monoisotopic (exact) mass is 182 g/mol. The second-order valence-corrected chi connectivity index (χ2v) is 3.11. The molecule has 0 fully saturated rings. The number of carbonyl (C=O) groups excluding carboxylic acids is 1. The highest BCUT2D eigenvalue weighted by molar-refractivity contribution is 5.77. The average molecular weight is 182 g/mol. The summed E-state index contributed by atoms with van der Waals surface area (Å²) in [6, 6.07) is 0. The summed E-state index contributed by atoms with van der Waals surface area (Å²) in [5, 5.41) is 0. The van der Waals surface area contributed by atoms with E-state index in [1.54, 1.807) is 19.0 Å². The van der Waals surface area contributed by atoms with Crippen LogP contribution in [-0.2, 0) is 4.79 Å². The van der Waals surface area contributed by atoms with Crippen molar-refractivity contribution in [3.63, 3.8) is 0 Å². The van der Waals surface area contributed by atoms with E-state index in [1.807, 2.05) is 11.8 Å². The van der Waals surface area contributed by atoms with Crippen molar-refractivity contribution >= 4 is 5.91 Å². The molecule has 3 heteroatoms. The van der Waals surface area contributed by atoms with Gasteiger partial charge in [0.1, 0.15) is 0 Å². The van der Waals surface area contributed by atoms with Crippen LogP contribution in [0.2, 0.25) is 0 Å². The summed E-state index contributed by atoms with van der Waals surface area (Å²) in [6.07, 6.45) is 5.85. The molecule has 74 valence electrons. The molecule has 0 bridgehead atoms. The minimum Gasteiger partial charge on any atom is -0.348 e. The smallest absolute Gasteiger partial charge is 0.236 e. The van der Waals surface area contributed by atoms with E-state index < -0.39 is 0 Å². The summed E-state index contributed by atoms with van der Waals surface area (Å²) in [6.45, 7) is 4.15. The molecule has 0 unspecified atom stereocenters. The summed E-state index contributed by atoms with van der Waals surface area (Å²) in [7, 11) is 3.52. The van der Waals surface area contributed by atoms with Gasteiger partial charge in [0.15, 0.2) is 0 Å². The third-order valence-electron chi connectivity index (χ3n) is 1.88. The van der Waals surface area contributed by atoms with Crippen molar-refractivity contribution in [1.29, 1.82) is 0 Å². The van der Waals surface area contributed by atoms with Gasteiger partial charge in [0.2, 0.25) is 5.91 Å². The van der Waals surface area contributed by atoms with Gasteiger partial charge in [-0.15, -0.1) is 12.3 Å². The number of nitrogens with zero attached hydrogens (tertiary/aromatic N) is 2. The Labute approximate surface area is 80.7 Å².